The number of nitrogens with one attached hydrogen (secondary N) is 1. The minimum atomic E-state index is -0.322. The first-order valence-electron chi connectivity index (χ1n) is 6.66. The number of hydrogen-bond acceptors (Lipinski definition) is 1. The second-order valence-corrected chi connectivity index (χ2v) is 5.95. The molecule has 0 saturated carbocycles. The van der Waals surface area contributed by atoms with Crippen molar-refractivity contribution in [1.29, 1.82) is 0 Å². The van der Waals surface area contributed by atoms with Crippen molar-refractivity contribution in [3.05, 3.63) is 68.4 Å². The predicted molar refractivity (Wildman–Crippen MR) is 88.0 cm³/mol. The van der Waals surface area contributed by atoms with Gasteiger partial charge < -0.3 is 5.32 Å². The van der Waals surface area contributed by atoms with Crippen LogP contribution in [0.3, 0.4) is 0 Å². The monoisotopic (exact) mass is 345 g/mol. The van der Waals surface area contributed by atoms with Gasteiger partial charge in [-0.2, -0.15) is 0 Å². The fourth-order valence-electron chi connectivity index (χ4n) is 2.12. The van der Waals surface area contributed by atoms with E-state index in [-0.39, 0.29) is 11.9 Å². The van der Waals surface area contributed by atoms with Gasteiger partial charge in [-0.15, -0.1) is 0 Å². The van der Waals surface area contributed by atoms with Crippen molar-refractivity contribution in [3.63, 3.8) is 0 Å². The molecule has 2 aromatic rings. The largest absolute Gasteiger partial charge is 0.306 e. The van der Waals surface area contributed by atoms with E-state index in [9.17, 15) is 4.39 Å². The first kappa shape index (κ1) is 16.6. The molecule has 0 amide bonds. The van der Waals surface area contributed by atoms with Gasteiger partial charge in [-0.25, -0.2) is 4.39 Å². The van der Waals surface area contributed by atoms with E-state index in [4.69, 9.17) is 34.8 Å². The highest BCUT2D eigenvalue weighted by atomic mass is 35.5. The summed E-state index contributed by atoms with van der Waals surface area (Å²) in [4.78, 5) is 0. The lowest BCUT2D eigenvalue weighted by Crippen LogP contribution is -2.23. The number of halogens is 4. The molecule has 21 heavy (non-hydrogen) atoms. The van der Waals surface area contributed by atoms with Gasteiger partial charge in [0.25, 0.3) is 0 Å². The molecule has 0 aliphatic carbocycles. The van der Waals surface area contributed by atoms with Crippen LogP contribution in [0.2, 0.25) is 15.1 Å². The zero-order valence-corrected chi connectivity index (χ0v) is 13.7. The van der Waals surface area contributed by atoms with Gasteiger partial charge in [0.15, 0.2) is 0 Å². The van der Waals surface area contributed by atoms with Gasteiger partial charge in [-0.05, 0) is 54.4 Å². The molecule has 5 heteroatoms. The van der Waals surface area contributed by atoms with Crippen LogP contribution in [0.15, 0.2) is 36.4 Å². The molecule has 0 aromatic heterocycles. The van der Waals surface area contributed by atoms with Crippen molar-refractivity contribution < 1.29 is 4.39 Å². The minimum Gasteiger partial charge on any atom is -0.306 e. The molecule has 0 fully saturated rings. The predicted octanol–water partition coefficient (Wildman–Crippen LogP) is 5.87. The summed E-state index contributed by atoms with van der Waals surface area (Å²) in [6.07, 6.45) is 0.949. The lowest BCUT2D eigenvalue weighted by molar-refractivity contribution is 0.586. The Morgan fingerprint density at radius 1 is 1.00 bits per heavy atom. The molecule has 2 aromatic carbocycles. The van der Waals surface area contributed by atoms with E-state index in [1.54, 1.807) is 18.2 Å². The van der Waals surface area contributed by atoms with Crippen LogP contribution in [-0.2, 0) is 0 Å². The van der Waals surface area contributed by atoms with Crippen LogP contribution in [0.25, 0.3) is 0 Å². The molecule has 1 atom stereocenters. The van der Waals surface area contributed by atoms with E-state index in [2.05, 4.69) is 12.2 Å². The summed E-state index contributed by atoms with van der Waals surface area (Å²) in [6, 6.07) is 9.48. The smallest absolute Gasteiger partial charge is 0.123 e. The number of hydrogen-bond donors (Lipinski definition) is 1. The van der Waals surface area contributed by atoms with Crippen molar-refractivity contribution in [1.82, 2.24) is 5.32 Å². The summed E-state index contributed by atoms with van der Waals surface area (Å²) >= 11 is 18.3. The molecule has 1 nitrogen and oxygen atoms in total. The molecule has 112 valence electrons. The van der Waals surface area contributed by atoms with Crippen molar-refractivity contribution in [3.8, 4) is 0 Å². The van der Waals surface area contributed by atoms with Crippen molar-refractivity contribution in [2.24, 2.45) is 0 Å². The van der Waals surface area contributed by atoms with E-state index < -0.39 is 0 Å². The van der Waals surface area contributed by atoms with Crippen LogP contribution in [0.4, 0.5) is 4.39 Å². The van der Waals surface area contributed by atoms with E-state index in [0.717, 1.165) is 18.5 Å². The Morgan fingerprint density at radius 2 is 1.71 bits per heavy atom. The van der Waals surface area contributed by atoms with Crippen LogP contribution in [0.1, 0.15) is 30.5 Å². The van der Waals surface area contributed by atoms with Gasteiger partial charge in [0.05, 0.1) is 16.1 Å². The van der Waals surface area contributed by atoms with Crippen molar-refractivity contribution in [2.75, 3.05) is 6.54 Å². The van der Waals surface area contributed by atoms with Gasteiger partial charge in [-0.1, -0.05) is 47.8 Å². The van der Waals surface area contributed by atoms with Crippen LogP contribution in [-0.4, -0.2) is 6.54 Å². The maximum Gasteiger partial charge on any atom is 0.123 e. The SMILES string of the molecule is CCCNC(c1ccc(Cl)c(Cl)c1)c1cc(F)ccc1Cl. The van der Waals surface area contributed by atoms with E-state index >= 15 is 0 Å². The van der Waals surface area contributed by atoms with Crippen LogP contribution in [0.5, 0.6) is 0 Å². The zero-order valence-electron chi connectivity index (χ0n) is 11.5. The molecule has 0 aliphatic rings. The first-order valence-corrected chi connectivity index (χ1v) is 7.79. The standard InChI is InChI=1S/C16H15Cl3FN/c1-2-7-21-16(10-3-5-14(18)15(19)8-10)12-9-11(20)4-6-13(12)17/h3-6,8-9,16,21H,2,7H2,1H3. The maximum atomic E-state index is 13.6. The summed E-state index contributed by atoms with van der Waals surface area (Å²) in [5.74, 6) is -0.322. The second kappa shape index (κ2) is 7.46. The van der Waals surface area contributed by atoms with Gasteiger partial charge in [0.2, 0.25) is 0 Å². The average molecular weight is 347 g/mol. The third-order valence-electron chi connectivity index (χ3n) is 3.14. The summed E-state index contributed by atoms with van der Waals surface area (Å²) in [6.45, 7) is 2.84. The van der Waals surface area contributed by atoms with Crippen molar-refractivity contribution >= 4 is 34.8 Å². The van der Waals surface area contributed by atoms with E-state index in [1.807, 2.05) is 6.07 Å². The lowest BCUT2D eigenvalue weighted by Gasteiger charge is -2.21. The zero-order chi connectivity index (χ0) is 15.4. The van der Waals surface area contributed by atoms with Gasteiger partial charge in [0, 0.05) is 5.02 Å². The quantitative estimate of drug-likeness (QED) is 0.713. The van der Waals surface area contributed by atoms with Gasteiger partial charge >= 0.3 is 0 Å². The molecule has 0 bridgehead atoms. The molecular weight excluding hydrogens is 332 g/mol. The van der Waals surface area contributed by atoms with Crippen molar-refractivity contribution in [2.45, 2.75) is 19.4 Å². The maximum absolute atomic E-state index is 13.6. The van der Waals surface area contributed by atoms with Crippen LogP contribution >= 0.6 is 34.8 Å². The molecule has 0 aliphatic heterocycles. The Bertz CT molecular complexity index is 631. The molecular formula is C16H15Cl3FN. The van der Waals surface area contributed by atoms with Crippen LogP contribution in [0, 0.1) is 5.82 Å². The average Bonchev–Trinajstić information content (AvgIpc) is 2.46. The Hall–Kier alpha value is -0.800. The molecule has 1 unspecified atom stereocenters. The van der Waals surface area contributed by atoms with E-state index in [0.29, 0.717) is 20.6 Å². The molecule has 0 spiro atoms. The Labute approximate surface area is 139 Å². The lowest BCUT2D eigenvalue weighted by atomic mass is 9.98. The molecule has 0 saturated heterocycles. The first-order chi connectivity index (χ1) is 10.0. The fraction of sp³-hybridized carbons (Fsp3) is 0.250. The minimum absolute atomic E-state index is 0.233. The number of benzene rings is 2. The highest BCUT2D eigenvalue weighted by molar-refractivity contribution is 6.42. The Kier molecular flexibility index (Phi) is 5.88. The molecule has 0 heterocycles. The summed E-state index contributed by atoms with van der Waals surface area (Å²) in [5, 5.41) is 4.82. The van der Waals surface area contributed by atoms with Gasteiger partial charge in [-0.3, -0.25) is 0 Å². The summed E-state index contributed by atoms with van der Waals surface area (Å²) in [5.41, 5.74) is 1.58. The molecule has 2 rings (SSSR count). The Balaban J connectivity index is 2.46. The third kappa shape index (κ3) is 4.10. The summed E-state index contributed by atoms with van der Waals surface area (Å²) < 4.78 is 13.6. The second-order valence-electron chi connectivity index (χ2n) is 4.73. The molecule has 0 radical (unpaired) electrons. The summed E-state index contributed by atoms with van der Waals surface area (Å²) in [7, 11) is 0. The van der Waals surface area contributed by atoms with E-state index in [1.165, 1.54) is 12.1 Å². The normalized spacial score (nSPS) is 12.4. The third-order valence-corrected chi connectivity index (χ3v) is 4.23. The number of rotatable bonds is 5. The van der Waals surface area contributed by atoms with Crippen LogP contribution < -0.4 is 5.32 Å². The highest BCUT2D eigenvalue weighted by Crippen LogP contribution is 2.32. The van der Waals surface area contributed by atoms with Gasteiger partial charge in [0.1, 0.15) is 5.82 Å². The fourth-order valence-corrected chi connectivity index (χ4v) is 2.66. The molecule has 1 N–H and O–H groups in total. The Morgan fingerprint density at radius 3 is 2.38 bits per heavy atom. The highest BCUT2D eigenvalue weighted by Gasteiger charge is 2.18. The topological polar surface area (TPSA) is 12.0 Å².